The van der Waals surface area contributed by atoms with Gasteiger partial charge < -0.3 is 28.4 Å². The minimum Gasteiger partial charge on any atom is -0.490 e. The molecule has 8 heteroatoms. The van der Waals surface area contributed by atoms with Crippen LogP contribution < -0.4 is 18.9 Å². The monoisotopic (exact) mass is 364 g/mol. The van der Waals surface area contributed by atoms with E-state index in [9.17, 15) is 9.59 Å². The lowest BCUT2D eigenvalue weighted by atomic mass is 10.00. The van der Waals surface area contributed by atoms with Gasteiger partial charge in [-0.05, 0) is 37.1 Å². The van der Waals surface area contributed by atoms with Crippen molar-refractivity contribution < 1.29 is 38.0 Å². The van der Waals surface area contributed by atoms with Crippen molar-refractivity contribution in [3.8, 4) is 23.0 Å². The number of hydrogen-bond acceptors (Lipinski definition) is 8. The number of methoxy groups -OCH3 is 4. The largest absolute Gasteiger partial charge is 0.513 e. The average molecular weight is 364 g/mol. The van der Waals surface area contributed by atoms with Gasteiger partial charge in [-0.25, -0.2) is 9.59 Å². The van der Waals surface area contributed by atoms with Gasteiger partial charge in [0.25, 0.3) is 0 Å². The third kappa shape index (κ3) is 3.44. The number of benzene rings is 2. The van der Waals surface area contributed by atoms with Gasteiger partial charge >= 0.3 is 12.3 Å². The van der Waals surface area contributed by atoms with Crippen LogP contribution in [0.3, 0.4) is 0 Å². The Bertz CT molecular complexity index is 786. The maximum atomic E-state index is 11.7. The van der Waals surface area contributed by atoms with Crippen molar-refractivity contribution in [1.82, 2.24) is 0 Å². The first-order valence-electron chi connectivity index (χ1n) is 7.58. The highest BCUT2D eigenvalue weighted by molar-refractivity contribution is 6.01. The van der Waals surface area contributed by atoms with Crippen LogP contribution in [0.2, 0.25) is 0 Å². The summed E-state index contributed by atoms with van der Waals surface area (Å²) in [5, 5.41) is 0.963. The fourth-order valence-corrected chi connectivity index (χ4v) is 2.47. The molecule has 0 radical (unpaired) electrons. The number of fused-ring (bicyclic) bond motifs is 1. The first-order valence-corrected chi connectivity index (χ1v) is 7.58. The third-order valence-corrected chi connectivity index (χ3v) is 3.85. The summed E-state index contributed by atoms with van der Waals surface area (Å²) in [6, 6.07) is 3.57. The summed E-state index contributed by atoms with van der Waals surface area (Å²) in [7, 11) is 5.13. The predicted molar refractivity (Wildman–Crippen MR) is 92.6 cm³/mol. The van der Waals surface area contributed by atoms with Crippen molar-refractivity contribution in [2.45, 2.75) is 13.8 Å². The molecule has 0 fully saturated rings. The van der Waals surface area contributed by atoms with Gasteiger partial charge in [0.15, 0.2) is 11.5 Å². The number of rotatable bonds is 4. The van der Waals surface area contributed by atoms with Gasteiger partial charge in [0.2, 0.25) is 11.5 Å². The molecule has 0 spiro atoms. The lowest BCUT2D eigenvalue weighted by Gasteiger charge is -2.19. The van der Waals surface area contributed by atoms with E-state index in [-0.39, 0.29) is 23.0 Å². The van der Waals surface area contributed by atoms with Gasteiger partial charge in [-0.15, -0.1) is 0 Å². The molecule has 0 aromatic heterocycles. The molecule has 0 aliphatic carbocycles. The van der Waals surface area contributed by atoms with Crippen LogP contribution in [0.1, 0.15) is 11.1 Å². The Balaban J connectivity index is 2.92. The normalized spacial score (nSPS) is 10.2. The second-order valence-electron chi connectivity index (χ2n) is 5.32. The van der Waals surface area contributed by atoms with Crippen LogP contribution in [-0.2, 0) is 9.47 Å². The third-order valence-electron chi connectivity index (χ3n) is 3.85. The zero-order valence-corrected chi connectivity index (χ0v) is 15.4. The van der Waals surface area contributed by atoms with Crippen LogP contribution in [-0.4, -0.2) is 40.7 Å². The summed E-state index contributed by atoms with van der Waals surface area (Å²) in [6.45, 7) is 3.79. The summed E-state index contributed by atoms with van der Waals surface area (Å²) in [4.78, 5) is 23.4. The average Bonchev–Trinajstić information content (AvgIpc) is 2.64. The molecule has 0 saturated carbocycles. The van der Waals surface area contributed by atoms with Gasteiger partial charge in [-0.1, -0.05) is 0 Å². The molecule has 0 aliphatic rings. The van der Waals surface area contributed by atoms with Crippen LogP contribution in [0.15, 0.2) is 12.1 Å². The summed E-state index contributed by atoms with van der Waals surface area (Å²) in [6.07, 6.45) is -1.85. The summed E-state index contributed by atoms with van der Waals surface area (Å²) in [5.41, 5.74) is 1.87. The highest BCUT2D eigenvalue weighted by atomic mass is 16.7. The minimum atomic E-state index is -0.925. The molecular formula is C18H20O8. The number of carbonyl (C=O) groups excluding carboxylic acids is 2. The lowest BCUT2D eigenvalue weighted by molar-refractivity contribution is 0.117. The van der Waals surface area contributed by atoms with Crippen LogP contribution in [0.4, 0.5) is 9.59 Å². The van der Waals surface area contributed by atoms with Gasteiger partial charge in [0.05, 0.1) is 28.4 Å². The van der Waals surface area contributed by atoms with E-state index < -0.39 is 12.3 Å². The van der Waals surface area contributed by atoms with Gasteiger partial charge in [0.1, 0.15) is 0 Å². The lowest BCUT2D eigenvalue weighted by Crippen LogP contribution is -2.12. The zero-order valence-electron chi connectivity index (χ0n) is 15.4. The summed E-state index contributed by atoms with van der Waals surface area (Å²) in [5.74, 6) is 0.332. The smallest absolute Gasteiger partial charge is 0.490 e. The molecule has 0 unspecified atom stereocenters. The quantitative estimate of drug-likeness (QED) is 0.598. The van der Waals surface area contributed by atoms with E-state index in [1.807, 2.05) is 13.8 Å². The minimum absolute atomic E-state index is 0.0764. The van der Waals surface area contributed by atoms with E-state index in [1.165, 1.54) is 28.4 Å². The molecule has 0 saturated heterocycles. The van der Waals surface area contributed by atoms with Crippen LogP contribution in [0.5, 0.6) is 23.0 Å². The molecule has 140 valence electrons. The van der Waals surface area contributed by atoms with Crippen molar-refractivity contribution in [3.63, 3.8) is 0 Å². The predicted octanol–water partition coefficient (Wildman–Crippen LogP) is 3.76. The van der Waals surface area contributed by atoms with Crippen LogP contribution in [0, 0.1) is 13.8 Å². The molecule has 0 atom stereocenters. The molecule has 0 bridgehead atoms. The Hall–Kier alpha value is -3.16. The van der Waals surface area contributed by atoms with Crippen LogP contribution in [0.25, 0.3) is 10.8 Å². The van der Waals surface area contributed by atoms with E-state index in [2.05, 4.69) is 9.47 Å². The number of aryl methyl sites for hydroxylation is 2. The second kappa shape index (κ2) is 7.81. The molecular weight excluding hydrogens is 344 g/mol. The molecule has 2 aromatic carbocycles. The molecule has 26 heavy (non-hydrogen) atoms. The van der Waals surface area contributed by atoms with E-state index in [1.54, 1.807) is 12.1 Å². The van der Waals surface area contributed by atoms with E-state index >= 15 is 0 Å². The fraction of sp³-hybridized carbons (Fsp3) is 0.333. The SMILES string of the molecule is COC(=O)Oc1c(OC)c(OC)c(OC(=O)OC)c2cc(C)c(C)cc12. The summed E-state index contributed by atoms with van der Waals surface area (Å²) < 4.78 is 30.4. The first-order chi connectivity index (χ1) is 12.4. The Morgan fingerprint density at radius 2 is 1.00 bits per heavy atom. The zero-order chi connectivity index (χ0) is 19.4. The fourth-order valence-electron chi connectivity index (χ4n) is 2.47. The highest BCUT2D eigenvalue weighted by Crippen LogP contribution is 2.51. The molecule has 0 N–H and O–H groups in total. The second-order valence-corrected chi connectivity index (χ2v) is 5.32. The van der Waals surface area contributed by atoms with Gasteiger partial charge in [-0.3, -0.25) is 0 Å². The first kappa shape index (κ1) is 19.2. The van der Waals surface area contributed by atoms with Crippen molar-refractivity contribution in [2.24, 2.45) is 0 Å². The van der Waals surface area contributed by atoms with Crippen LogP contribution >= 0.6 is 0 Å². The molecule has 2 aromatic rings. The van der Waals surface area contributed by atoms with Gasteiger partial charge in [-0.2, -0.15) is 0 Å². The van der Waals surface area contributed by atoms with Crippen molar-refractivity contribution >= 4 is 23.1 Å². The summed E-state index contributed by atoms with van der Waals surface area (Å²) >= 11 is 0. The molecule has 2 rings (SSSR count). The standard InChI is InChI=1S/C18H20O8/c1-9-7-11-12(8-10(9)2)14(26-18(20)24-6)16(22-4)15(21-3)13(11)25-17(19)23-5/h7-8H,1-6H3. The highest BCUT2D eigenvalue weighted by Gasteiger charge is 2.27. The Morgan fingerprint density at radius 3 is 1.27 bits per heavy atom. The Morgan fingerprint density at radius 1 is 0.654 bits per heavy atom. The molecule has 8 nitrogen and oxygen atoms in total. The molecule has 0 aliphatic heterocycles. The van der Waals surface area contributed by atoms with Gasteiger partial charge in [0, 0.05) is 10.8 Å². The van der Waals surface area contributed by atoms with Crippen molar-refractivity contribution in [1.29, 1.82) is 0 Å². The molecule has 0 heterocycles. The maximum absolute atomic E-state index is 11.7. The van der Waals surface area contributed by atoms with Crippen molar-refractivity contribution in [3.05, 3.63) is 23.3 Å². The Labute approximate surface area is 150 Å². The topological polar surface area (TPSA) is 89.5 Å². The number of carbonyl (C=O) groups is 2. The number of ether oxygens (including phenoxy) is 6. The molecule has 0 amide bonds. The van der Waals surface area contributed by atoms with E-state index in [0.29, 0.717) is 10.8 Å². The van der Waals surface area contributed by atoms with E-state index in [4.69, 9.17) is 18.9 Å². The Kier molecular flexibility index (Phi) is 5.76. The van der Waals surface area contributed by atoms with Crippen molar-refractivity contribution in [2.75, 3.05) is 28.4 Å². The maximum Gasteiger partial charge on any atom is 0.513 e. The number of hydrogen-bond donors (Lipinski definition) is 0. The van der Waals surface area contributed by atoms with E-state index in [0.717, 1.165) is 11.1 Å².